The van der Waals surface area contributed by atoms with Gasteiger partial charge in [0.15, 0.2) is 0 Å². The fraction of sp³-hybridized carbons (Fsp3) is 0.0714. The number of ketones is 1. The molecule has 0 radical (unpaired) electrons. The van der Waals surface area contributed by atoms with Gasteiger partial charge in [-0.05, 0) is 10.8 Å². The van der Waals surface area contributed by atoms with Gasteiger partial charge in [-0.15, -0.1) is 13.2 Å². The van der Waals surface area contributed by atoms with Crippen LogP contribution in [0.3, 0.4) is 0 Å². The maximum absolute atomic E-state index is 12.2. The smallest absolute Gasteiger partial charge is 0.291 e. The molecule has 0 atom stereocenters. The summed E-state index contributed by atoms with van der Waals surface area (Å²) in [6.07, 6.45) is 0. The van der Waals surface area contributed by atoms with Crippen molar-refractivity contribution in [3.8, 4) is 0 Å². The zero-order valence-electron chi connectivity index (χ0n) is 11.8. The summed E-state index contributed by atoms with van der Waals surface area (Å²) in [7, 11) is -10.7. The second kappa shape index (κ2) is 7.01. The van der Waals surface area contributed by atoms with Gasteiger partial charge in [0.25, 0.3) is 24.8 Å². The molecule has 0 unspecified atom stereocenters. The van der Waals surface area contributed by atoms with E-state index in [0.29, 0.717) is 10.8 Å². The average Bonchev–Trinajstić information content (AvgIpc) is 2.45. The Bertz CT molecular complexity index is 893. The molecule has 0 aromatic heterocycles. The summed E-state index contributed by atoms with van der Waals surface area (Å²) >= 11 is 0. The molecule has 0 fully saturated rings. The Kier molecular flexibility index (Phi) is 5.78. The lowest BCUT2D eigenvalue weighted by Crippen LogP contribution is -2.37. The summed E-state index contributed by atoms with van der Waals surface area (Å²) in [5.41, 5.74) is -0.228. The molecule has 0 heterocycles. The molecule has 0 bridgehead atoms. The van der Waals surface area contributed by atoms with E-state index in [1.54, 1.807) is 24.3 Å². The Labute approximate surface area is 133 Å². The van der Waals surface area contributed by atoms with Crippen molar-refractivity contribution in [1.29, 1.82) is 0 Å². The maximum atomic E-state index is 12.2. The molecular formula is C14H14O7S2. The molecule has 0 saturated heterocycles. The van der Waals surface area contributed by atoms with Gasteiger partial charge in [0.05, 0.1) is 0 Å². The molecule has 124 valence electrons. The first-order valence-electron chi connectivity index (χ1n) is 6.07. The van der Waals surface area contributed by atoms with Crippen LogP contribution >= 0.6 is 0 Å². The van der Waals surface area contributed by atoms with Crippen LogP contribution in [0.1, 0.15) is 10.4 Å². The van der Waals surface area contributed by atoms with Crippen LogP contribution in [0.25, 0.3) is 10.8 Å². The van der Waals surface area contributed by atoms with Gasteiger partial charge >= 0.3 is 0 Å². The van der Waals surface area contributed by atoms with E-state index in [1.165, 1.54) is 18.2 Å². The van der Waals surface area contributed by atoms with E-state index < -0.39 is 30.6 Å². The van der Waals surface area contributed by atoms with Crippen LogP contribution < -0.4 is 0 Å². The third-order valence-electron chi connectivity index (χ3n) is 2.81. The number of hydrogen-bond donors (Lipinski definition) is 2. The fourth-order valence-electron chi connectivity index (χ4n) is 1.99. The number of hydrogen-bond acceptors (Lipinski definition) is 5. The van der Waals surface area contributed by atoms with Gasteiger partial charge in [0, 0.05) is 5.56 Å². The molecule has 2 aromatic carbocycles. The normalized spacial score (nSPS) is 11.8. The van der Waals surface area contributed by atoms with Crippen LogP contribution in [0, 0.1) is 0 Å². The van der Waals surface area contributed by atoms with Gasteiger partial charge in [0.2, 0.25) is 5.78 Å². The first-order valence-corrected chi connectivity index (χ1v) is 9.07. The molecule has 2 aromatic rings. The summed E-state index contributed by atoms with van der Waals surface area (Å²) in [6, 6.07) is 10.7. The van der Waals surface area contributed by atoms with E-state index in [9.17, 15) is 21.6 Å². The molecule has 23 heavy (non-hydrogen) atoms. The zero-order chi connectivity index (χ0) is 17.8. The van der Waals surface area contributed by atoms with Gasteiger partial charge in [-0.1, -0.05) is 42.5 Å². The molecule has 0 spiro atoms. The van der Waals surface area contributed by atoms with Crippen LogP contribution in [0.5, 0.6) is 0 Å². The minimum atomic E-state index is -5.33. The molecule has 0 aliphatic carbocycles. The van der Waals surface area contributed by atoms with Crippen molar-refractivity contribution in [3.05, 3.63) is 61.2 Å². The Morgan fingerprint density at radius 2 is 1.35 bits per heavy atom. The van der Waals surface area contributed by atoms with Crippen molar-refractivity contribution >= 4 is 36.8 Å². The van der Waals surface area contributed by atoms with E-state index in [1.807, 2.05) is 0 Å². The predicted molar refractivity (Wildman–Crippen MR) is 86.4 cm³/mol. The Hall–Kier alpha value is -2.07. The van der Waals surface area contributed by atoms with Crippen molar-refractivity contribution < 1.29 is 30.7 Å². The lowest BCUT2D eigenvalue weighted by molar-refractivity contribution is 0.100. The van der Waals surface area contributed by atoms with Crippen molar-refractivity contribution in [2.24, 2.45) is 0 Å². The molecule has 0 amide bonds. The predicted octanol–water partition coefficient (Wildman–Crippen LogP) is 1.93. The molecule has 2 N–H and O–H groups in total. The maximum Gasteiger partial charge on any atom is 0.292 e. The molecular weight excluding hydrogens is 344 g/mol. The SMILES string of the molecule is C=C.O=C(c1cccc2ccccc12)C(S(=O)(=O)O)S(=O)(=O)O. The van der Waals surface area contributed by atoms with Crippen LogP contribution in [0.4, 0.5) is 0 Å². The number of Topliss-reactive ketones (excluding diaryl/α,β-unsaturated/α-hetero) is 1. The van der Waals surface area contributed by atoms with Gasteiger partial charge in [0.1, 0.15) is 0 Å². The van der Waals surface area contributed by atoms with Crippen molar-refractivity contribution in [3.63, 3.8) is 0 Å². The van der Waals surface area contributed by atoms with E-state index in [4.69, 9.17) is 9.11 Å². The standard InChI is InChI=1S/C12H10O7S2.C2H4/c13-11(12(20(14,15)16)21(17,18)19)10-7-3-5-8-4-1-2-6-9(8)10;1-2/h1-7,12H,(H,14,15,16)(H,17,18,19);1-2H2. The fourth-order valence-corrected chi connectivity index (χ4v) is 4.02. The highest BCUT2D eigenvalue weighted by molar-refractivity contribution is 8.05. The highest BCUT2D eigenvalue weighted by atomic mass is 32.3. The second-order valence-electron chi connectivity index (χ2n) is 4.25. The first-order chi connectivity index (χ1) is 10.6. The summed E-state index contributed by atoms with van der Waals surface area (Å²) < 4.78 is 59.4. The zero-order valence-corrected chi connectivity index (χ0v) is 13.4. The summed E-state index contributed by atoms with van der Waals surface area (Å²) in [4.78, 5) is 12.2. The number of carbonyl (C=O) groups is 1. The second-order valence-corrected chi connectivity index (χ2v) is 7.55. The molecule has 0 saturated carbocycles. The molecule has 0 aliphatic rings. The lowest BCUT2D eigenvalue weighted by Gasteiger charge is -2.11. The van der Waals surface area contributed by atoms with Gasteiger partial charge < -0.3 is 0 Å². The van der Waals surface area contributed by atoms with Crippen LogP contribution in [-0.4, -0.2) is 36.3 Å². The van der Waals surface area contributed by atoms with E-state index in [0.717, 1.165) is 0 Å². The van der Waals surface area contributed by atoms with E-state index >= 15 is 0 Å². The monoisotopic (exact) mass is 358 g/mol. The first kappa shape index (κ1) is 19.0. The van der Waals surface area contributed by atoms with Gasteiger partial charge in [-0.25, -0.2) is 0 Å². The third-order valence-corrected chi connectivity index (χ3v) is 5.78. The summed E-state index contributed by atoms with van der Waals surface area (Å²) in [5, 5.41) is 0.884. The molecule has 9 heteroatoms. The summed E-state index contributed by atoms with van der Waals surface area (Å²) in [6.45, 7) is 6.00. The van der Waals surface area contributed by atoms with E-state index in [2.05, 4.69) is 13.2 Å². The number of rotatable bonds is 4. The minimum absolute atomic E-state index is 0.228. The molecule has 7 nitrogen and oxygen atoms in total. The van der Waals surface area contributed by atoms with Crippen LogP contribution in [-0.2, 0) is 20.2 Å². The van der Waals surface area contributed by atoms with Crippen LogP contribution in [0.2, 0.25) is 0 Å². The quantitative estimate of drug-likeness (QED) is 0.486. The highest BCUT2D eigenvalue weighted by Gasteiger charge is 2.43. The topological polar surface area (TPSA) is 126 Å². The van der Waals surface area contributed by atoms with Crippen molar-refractivity contribution in [1.82, 2.24) is 0 Å². The Balaban J connectivity index is 0.00000127. The lowest BCUT2D eigenvalue weighted by atomic mass is 10.0. The summed E-state index contributed by atoms with van der Waals surface area (Å²) in [5.74, 6) is -1.42. The van der Waals surface area contributed by atoms with Crippen LogP contribution in [0.15, 0.2) is 55.6 Å². The number of fused-ring (bicyclic) bond motifs is 1. The number of carbonyl (C=O) groups excluding carboxylic acids is 1. The minimum Gasteiger partial charge on any atom is -0.291 e. The van der Waals surface area contributed by atoms with Crippen molar-refractivity contribution in [2.75, 3.05) is 0 Å². The largest absolute Gasteiger partial charge is 0.292 e. The number of benzene rings is 2. The van der Waals surface area contributed by atoms with Gasteiger partial charge in [-0.3, -0.25) is 13.9 Å². The molecule has 0 aliphatic heterocycles. The van der Waals surface area contributed by atoms with Crippen molar-refractivity contribution in [2.45, 2.75) is 4.58 Å². The highest BCUT2D eigenvalue weighted by Crippen LogP contribution is 2.23. The van der Waals surface area contributed by atoms with Gasteiger partial charge in [-0.2, -0.15) is 16.8 Å². The average molecular weight is 358 g/mol. The Morgan fingerprint density at radius 3 is 1.87 bits per heavy atom. The molecule has 2 rings (SSSR count). The third kappa shape index (κ3) is 4.23. The van der Waals surface area contributed by atoms with E-state index in [-0.39, 0.29) is 5.56 Å². The Morgan fingerprint density at radius 1 is 0.870 bits per heavy atom.